The first-order chi connectivity index (χ1) is 21.7. The molecule has 1 atom stereocenters. The van der Waals surface area contributed by atoms with Gasteiger partial charge in [0.05, 0.1) is 30.8 Å². The molecule has 248 valence electrons. The summed E-state index contributed by atoms with van der Waals surface area (Å²) in [6.45, 7) is 9.15. The number of nitrogens with zero attached hydrogens (tertiary/aromatic N) is 4. The third kappa shape index (κ3) is 8.05. The molecule has 4 heterocycles. The van der Waals surface area contributed by atoms with E-state index < -0.39 is 15.6 Å². The number of pyridine rings is 1. The Morgan fingerprint density at radius 1 is 1.00 bits per heavy atom. The van der Waals surface area contributed by atoms with Gasteiger partial charge in [0, 0.05) is 50.2 Å². The summed E-state index contributed by atoms with van der Waals surface area (Å²) < 4.78 is 47.2. The Balaban J connectivity index is 1.16. The molecular weight excluding hydrogens is 592 g/mol. The van der Waals surface area contributed by atoms with Gasteiger partial charge in [0.2, 0.25) is 15.9 Å². The number of benzene rings is 1. The predicted molar refractivity (Wildman–Crippen MR) is 173 cm³/mol. The van der Waals surface area contributed by atoms with Crippen LogP contribution in [0, 0.1) is 13.8 Å². The largest absolute Gasteiger partial charge is 0.497 e. The van der Waals surface area contributed by atoms with Crippen molar-refractivity contribution >= 4 is 15.9 Å². The molecule has 0 radical (unpaired) electrons. The molecule has 2 aromatic rings. The molecule has 1 aromatic heterocycles. The quantitative estimate of drug-likeness (QED) is 0.338. The van der Waals surface area contributed by atoms with Gasteiger partial charge < -0.3 is 24.0 Å². The first kappa shape index (κ1) is 33.8. The van der Waals surface area contributed by atoms with Crippen molar-refractivity contribution < 1.29 is 27.4 Å². The van der Waals surface area contributed by atoms with Crippen molar-refractivity contribution in [3.05, 3.63) is 53.3 Å². The molecule has 1 aromatic carbocycles. The number of ether oxygens (including phenoxy) is 3. The topological polar surface area (TPSA) is 102 Å². The molecule has 1 amide bonds. The lowest BCUT2D eigenvalue weighted by Gasteiger charge is -2.42. The van der Waals surface area contributed by atoms with Crippen LogP contribution in [0.15, 0.2) is 41.6 Å². The summed E-state index contributed by atoms with van der Waals surface area (Å²) in [4.78, 5) is 22.3. The monoisotopic (exact) mass is 642 g/mol. The lowest BCUT2D eigenvalue weighted by Crippen LogP contribution is -2.49. The molecule has 45 heavy (non-hydrogen) atoms. The van der Waals surface area contributed by atoms with Crippen LogP contribution in [0.4, 0.5) is 0 Å². The average Bonchev–Trinajstić information content (AvgIpc) is 3.05. The van der Waals surface area contributed by atoms with Crippen molar-refractivity contribution in [1.29, 1.82) is 0 Å². The molecule has 0 bridgehead atoms. The Bertz CT molecular complexity index is 1350. The van der Waals surface area contributed by atoms with Gasteiger partial charge in [0.15, 0.2) is 0 Å². The number of carbonyl (C=O) groups is 1. The minimum absolute atomic E-state index is 0.0688. The van der Waals surface area contributed by atoms with Gasteiger partial charge in [0.25, 0.3) is 0 Å². The van der Waals surface area contributed by atoms with Gasteiger partial charge in [-0.05, 0) is 94.8 Å². The van der Waals surface area contributed by atoms with Crippen LogP contribution in [0.5, 0.6) is 5.75 Å². The van der Waals surface area contributed by atoms with Gasteiger partial charge in [-0.2, -0.15) is 4.31 Å². The highest BCUT2D eigenvalue weighted by molar-refractivity contribution is 7.89. The van der Waals surface area contributed by atoms with Crippen LogP contribution >= 0.6 is 0 Å². The second-order valence-corrected chi connectivity index (χ2v) is 14.6. The van der Waals surface area contributed by atoms with Crippen molar-refractivity contribution in [2.45, 2.75) is 81.8 Å². The Hall–Kier alpha value is -2.57. The highest BCUT2D eigenvalue weighted by Crippen LogP contribution is 2.37. The number of hydrogen-bond donors (Lipinski definition) is 0. The smallest absolute Gasteiger partial charge is 0.248 e. The summed E-state index contributed by atoms with van der Waals surface area (Å²) in [5, 5.41) is 0. The maximum atomic E-state index is 13.9. The average molecular weight is 643 g/mol. The molecule has 0 N–H and O–H groups in total. The number of carbonyl (C=O) groups excluding carboxylic acids is 1. The van der Waals surface area contributed by atoms with E-state index in [-0.39, 0.29) is 25.2 Å². The molecule has 0 spiro atoms. The lowest BCUT2D eigenvalue weighted by molar-refractivity contribution is -0.145. The van der Waals surface area contributed by atoms with Gasteiger partial charge in [-0.15, -0.1) is 0 Å². The van der Waals surface area contributed by atoms with E-state index in [1.165, 1.54) is 19.3 Å². The van der Waals surface area contributed by atoms with E-state index >= 15 is 0 Å². The van der Waals surface area contributed by atoms with E-state index in [4.69, 9.17) is 14.2 Å². The van der Waals surface area contributed by atoms with Gasteiger partial charge >= 0.3 is 0 Å². The Kier molecular flexibility index (Phi) is 11.5. The molecule has 3 fully saturated rings. The summed E-state index contributed by atoms with van der Waals surface area (Å²) in [6.07, 6.45) is 11.3. The van der Waals surface area contributed by atoms with Crippen molar-refractivity contribution in [2.24, 2.45) is 0 Å². The summed E-state index contributed by atoms with van der Waals surface area (Å²) in [5.74, 6) is 0.565. The van der Waals surface area contributed by atoms with Gasteiger partial charge in [-0.25, -0.2) is 8.42 Å². The first-order valence-electron chi connectivity index (χ1n) is 16.5. The van der Waals surface area contributed by atoms with E-state index in [9.17, 15) is 13.2 Å². The fourth-order valence-electron chi connectivity index (χ4n) is 7.20. The van der Waals surface area contributed by atoms with Gasteiger partial charge in [-0.1, -0.05) is 18.9 Å². The molecule has 0 aliphatic carbocycles. The van der Waals surface area contributed by atoms with Crippen LogP contribution in [-0.4, -0.2) is 106 Å². The number of aryl methyl sites for hydroxylation is 2. The number of sulfonamides is 1. The van der Waals surface area contributed by atoms with E-state index in [1.54, 1.807) is 43.6 Å². The third-order valence-electron chi connectivity index (χ3n) is 9.69. The maximum Gasteiger partial charge on any atom is 0.248 e. The van der Waals surface area contributed by atoms with Crippen LogP contribution < -0.4 is 4.74 Å². The minimum atomic E-state index is -3.74. The molecule has 3 aliphatic heterocycles. The number of piperidine rings is 3. The lowest BCUT2D eigenvalue weighted by atomic mass is 9.85. The highest BCUT2D eigenvalue weighted by atomic mass is 32.2. The van der Waals surface area contributed by atoms with Crippen LogP contribution in [0.25, 0.3) is 0 Å². The SMILES string of the molecule is COc1cc(C)c(S(=O)(=O)N2CCCCC2COCC(=O)N2CCC(OCCN3CCCCC3)(c3cccnc3)CC2)c(C)c1. The van der Waals surface area contributed by atoms with Crippen molar-refractivity contribution in [3.63, 3.8) is 0 Å². The number of amides is 1. The zero-order chi connectivity index (χ0) is 31.9. The number of rotatable bonds is 12. The van der Waals surface area contributed by atoms with Crippen LogP contribution in [0.1, 0.15) is 68.1 Å². The standard InChI is InChI=1S/C34H50N4O6S/c1-27-22-31(42-3)23-28(2)33(27)45(40,41)38-17-8-5-11-30(38)25-43-26-32(39)37-18-12-34(13-19-37,29-10-9-14-35-24-29)44-21-20-36-15-6-4-7-16-36/h9-10,14,22-24,30H,4-8,11-13,15-21,25-26H2,1-3H3. The first-order valence-corrected chi connectivity index (χ1v) is 18.0. The van der Waals surface area contributed by atoms with Gasteiger partial charge in [0.1, 0.15) is 12.4 Å². The van der Waals surface area contributed by atoms with E-state index in [0.29, 0.717) is 67.3 Å². The number of likely N-dealkylation sites (tertiary alicyclic amines) is 2. The fourth-order valence-corrected chi connectivity index (χ4v) is 9.30. The fraction of sp³-hybridized carbons (Fsp3) is 0.647. The molecule has 10 nitrogen and oxygen atoms in total. The molecule has 3 saturated heterocycles. The molecule has 3 aliphatic rings. The van der Waals surface area contributed by atoms with Crippen LogP contribution in [0.3, 0.4) is 0 Å². The second kappa shape index (κ2) is 15.3. The normalized spacial score (nSPS) is 21.5. The number of hydrogen-bond acceptors (Lipinski definition) is 8. The summed E-state index contributed by atoms with van der Waals surface area (Å²) >= 11 is 0. The van der Waals surface area contributed by atoms with Crippen molar-refractivity contribution in [1.82, 2.24) is 19.1 Å². The summed E-state index contributed by atoms with van der Waals surface area (Å²) in [5.41, 5.74) is 1.93. The van der Waals surface area contributed by atoms with E-state index in [2.05, 4.69) is 16.0 Å². The Morgan fingerprint density at radius 2 is 1.71 bits per heavy atom. The van der Waals surface area contributed by atoms with Gasteiger partial charge in [-0.3, -0.25) is 9.78 Å². The summed E-state index contributed by atoms with van der Waals surface area (Å²) in [6, 6.07) is 7.23. The zero-order valence-corrected chi connectivity index (χ0v) is 28.0. The summed E-state index contributed by atoms with van der Waals surface area (Å²) in [7, 11) is -2.17. The number of methoxy groups -OCH3 is 1. The van der Waals surface area contributed by atoms with Crippen molar-refractivity contribution in [2.75, 3.05) is 66.2 Å². The van der Waals surface area contributed by atoms with Crippen LogP contribution in [-0.2, 0) is 29.9 Å². The highest BCUT2D eigenvalue weighted by Gasteiger charge is 2.39. The Morgan fingerprint density at radius 3 is 2.38 bits per heavy atom. The predicted octanol–water partition coefficient (Wildman–Crippen LogP) is 4.29. The maximum absolute atomic E-state index is 13.9. The zero-order valence-electron chi connectivity index (χ0n) is 27.2. The minimum Gasteiger partial charge on any atom is -0.497 e. The van der Waals surface area contributed by atoms with Crippen LogP contribution in [0.2, 0.25) is 0 Å². The second-order valence-electron chi connectivity index (χ2n) is 12.7. The Labute approximate surface area is 269 Å². The molecule has 5 rings (SSSR count). The number of aromatic nitrogens is 1. The molecule has 11 heteroatoms. The van der Waals surface area contributed by atoms with E-state index in [1.807, 2.05) is 17.2 Å². The van der Waals surface area contributed by atoms with Crippen molar-refractivity contribution in [3.8, 4) is 5.75 Å². The molecular formula is C34H50N4O6S. The molecule has 0 saturated carbocycles. The molecule has 1 unspecified atom stereocenters. The van der Waals surface area contributed by atoms with E-state index in [0.717, 1.165) is 38.0 Å². The third-order valence-corrected chi connectivity index (χ3v) is 11.9.